The van der Waals surface area contributed by atoms with E-state index in [4.69, 9.17) is 12.2 Å². The van der Waals surface area contributed by atoms with E-state index >= 15 is 0 Å². The van der Waals surface area contributed by atoms with Crippen LogP contribution in [0.1, 0.15) is 39.0 Å². The van der Waals surface area contributed by atoms with Crippen molar-refractivity contribution >= 4 is 28.2 Å². The summed E-state index contributed by atoms with van der Waals surface area (Å²) in [5.41, 5.74) is 0. The molecule has 0 N–H and O–H groups in total. The van der Waals surface area contributed by atoms with Crippen molar-refractivity contribution < 1.29 is 0 Å². The van der Waals surface area contributed by atoms with Crippen molar-refractivity contribution in [3.05, 3.63) is 0 Å². The van der Waals surface area contributed by atoms with Crippen LogP contribution in [0.25, 0.3) is 0 Å². The van der Waals surface area contributed by atoms with Gasteiger partial charge in [-0.3, -0.25) is 0 Å². The first kappa shape index (κ1) is 8.54. The maximum absolute atomic E-state index is 5.04. The van der Waals surface area contributed by atoms with Crippen molar-refractivity contribution in [2.45, 2.75) is 44.3 Å². The molecule has 0 atom stereocenters. The summed E-state index contributed by atoms with van der Waals surface area (Å²) in [5.74, 6) is 0. The highest BCUT2D eigenvalue weighted by molar-refractivity contribution is 8.23. The molecule has 58 valence electrons. The topological polar surface area (TPSA) is 0 Å². The molecule has 1 rings (SSSR count). The lowest BCUT2D eigenvalue weighted by Crippen LogP contribution is -2.09. The average molecular weight is 174 g/mol. The molecule has 0 aromatic carbocycles. The van der Waals surface area contributed by atoms with Crippen molar-refractivity contribution in [1.29, 1.82) is 0 Å². The predicted molar refractivity (Wildman–Crippen MR) is 52.7 cm³/mol. The Labute approximate surface area is 72.8 Å². The van der Waals surface area contributed by atoms with Gasteiger partial charge in [0.05, 0.1) is 0 Å². The van der Waals surface area contributed by atoms with E-state index in [9.17, 15) is 0 Å². The maximum Gasteiger partial charge on any atom is 0.0450 e. The van der Waals surface area contributed by atoms with Gasteiger partial charge in [0.1, 0.15) is 0 Å². The molecule has 1 aliphatic carbocycles. The van der Waals surface area contributed by atoms with E-state index in [-0.39, 0.29) is 0 Å². The van der Waals surface area contributed by atoms with E-state index in [0.29, 0.717) is 0 Å². The summed E-state index contributed by atoms with van der Waals surface area (Å²) < 4.78 is 1.12. The number of hydrogen-bond acceptors (Lipinski definition) is 2. The molecule has 10 heavy (non-hydrogen) atoms. The van der Waals surface area contributed by atoms with Crippen LogP contribution in [-0.4, -0.2) is 9.45 Å². The summed E-state index contributed by atoms with van der Waals surface area (Å²) in [4.78, 5) is 0. The SMILES string of the molecule is CC(=S)SC1CCCCC1. The van der Waals surface area contributed by atoms with E-state index in [0.717, 1.165) is 9.45 Å². The second-order valence-corrected chi connectivity index (χ2v) is 5.25. The average Bonchev–Trinajstić information content (AvgIpc) is 1.88. The molecular formula is C8H14S2. The molecule has 0 unspecified atom stereocenters. The van der Waals surface area contributed by atoms with Gasteiger partial charge in [-0.05, 0) is 19.8 Å². The summed E-state index contributed by atoms with van der Waals surface area (Å²) in [5, 5.41) is 0.853. The van der Waals surface area contributed by atoms with Crippen LogP contribution in [-0.2, 0) is 0 Å². The zero-order valence-electron chi connectivity index (χ0n) is 6.43. The monoisotopic (exact) mass is 174 g/mol. The quantitative estimate of drug-likeness (QED) is 0.559. The van der Waals surface area contributed by atoms with Crippen LogP contribution in [0, 0.1) is 0 Å². The van der Waals surface area contributed by atoms with Gasteiger partial charge in [-0.15, -0.1) is 11.8 Å². The second-order valence-electron chi connectivity index (χ2n) is 2.87. The first-order valence-electron chi connectivity index (χ1n) is 3.96. The zero-order chi connectivity index (χ0) is 7.40. The molecule has 0 spiro atoms. The Morgan fingerprint density at radius 2 is 1.90 bits per heavy atom. The van der Waals surface area contributed by atoms with Gasteiger partial charge in [-0.1, -0.05) is 31.5 Å². The highest BCUT2D eigenvalue weighted by atomic mass is 32.2. The van der Waals surface area contributed by atoms with Gasteiger partial charge >= 0.3 is 0 Å². The molecule has 0 radical (unpaired) electrons. The summed E-state index contributed by atoms with van der Waals surface area (Å²) in [6.07, 6.45) is 7.05. The van der Waals surface area contributed by atoms with Gasteiger partial charge in [-0.2, -0.15) is 0 Å². The van der Waals surface area contributed by atoms with Crippen LogP contribution in [0.15, 0.2) is 0 Å². The minimum Gasteiger partial charge on any atom is -0.116 e. The molecule has 0 aromatic rings. The van der Waals surface area contributed by atoms with Crippen molar-refractivity contribution in [2.24, 2.45) is 0 Å². The van der Waals surface area contributed by atoms with Gasteiger partial charge in [0.15, 0.2) is 0 Å². The molecule has 0 nitrogen and oxygen atoms in total. The van der Waals surface area contributed by atoms with Crippen LogP contribution in [0.5, 0.6) is 0 Å². The van der Waals surface area contributed by atoms with Crippen LogP contribution in [0.3, 0.4) is 0 Å². The van der Waals surface area contributed by atoms with E-state index in [1.165, 1.54) is 32.1 Å². The first-order chi connectivity index (χ1) is 4.79. The van der Waals surface area contributed by atoms with Crippen LogP contribution in [0.2, 0.25) is 0 Å². The van der Waals surface area contributed by atoms with Crippen molar-refractivity contribution in [3.8, 4) is 0 Å². The highest BCUT2D eigenvalue weighted by Gasteiger charge is 2.13. The summed E-state index contributed by atoms with van der Waals surface area (Å²) >= 11 is 6.95. The number of hydrogen-bond donors (Lipinski definition) is 0. The Balaban J connectivity index is 2.19. The van der Waals surface area contributed by atoms with Crippen molar-refractivity contribution in [2.75, 3.05) is 0 Å². The summed E-state index contributed by atoms with van der Waals surface area (Å²) in [7, 11) is 0. The molecule has 2 heteroatoms. The van der Waals surface area contributed by atoms with Crippen LogP contribution >= 0.6 is 24.0 Å². The fraction of sp³-hybridized carbons (Fsp3) is 0.875. The fourth-order valence-electron chi connectivity index (χ4n) is 1.42. The molecule has 1 aliphatic rings. The molecule has 0 amide bonds. The Hall–Kier alpha value is 0.440. The lowest BCUT2D eigenvalue weighted by atomic mass is 10.0. The molecule has 0 aliphatic heterocycles. The lowest BCUT2D eigenvalue weighted by Gasteiger charge is -2.19. The lowest BCUT2D eigenvalue weighted by molar-refractivity contribution is 0.517. The minimum absolute atomic E-state index is 0.853. The van der Waals surface area contributed by atoms with E-state index < -0.39 is 0 Å². The highest BCUT2D eigenvalue weighted by Crippen LogP contribution is 2.28. The normalized spacial score (nSPS) is 20.9. The third-order valence-corrected chi connectivity index (χ3v) is 3.31. The van der Waals surface area contributed by atoms with Crippen LogP contribution in [0.4, 0.5) is 0 Å². The number of rotatable bonds is 1. The van der Waals surface area contributed by atoms with E-state index in [1.54, 1.807) is 0 Å². The Kier molecular flexibility index (Phi) is 3.71. The molecule has 0 saturated heterocycles. The van der Waals surface area contributed by atoms with Crippen LogP contribution < -0.4 is 0 Å². The van der Waals surface area contributed by atoms with Gasteiger partial charge in [0.2, 0.25) is 0 Å². The maximum atomic E-state index is 5.04. The third kappa shape index (κ3) is 3.02. The van der Waals surface area contributed by atoms with Crippen molar-refractivity contribution in [3.63, 3.8) is 0 Å². The number of thiocarbonyl (C=S) groups is 1. The first-order valence-corrected chi connectivity index (χ1v) is 5.25. The smallest absolute Gasteiger partial charge is 0.0450 e. The third-order valence-electron chi connectivity index (χ3n) is 1.88. The fourth-order valence-corrected chi connectivity index (χ4v) is 2.86. The molecular weight excluding hydrogens is 160 g/mol. The Morgan fingerprint density at radius 1 is 1.30 bits per heavy atom. The summed E-state index contributed by atoms with van der Waals surface area (Å²) in [6, 6.07) is 0. The van der Waals surface area contributed by atoms with Gasteiger partial charge < -0.3 is 0 Å². The Bertz CT molecular complexity index is 114. The minimum atomic E-state index is 0.853. The van der Waals surface area contributed by atoms with Crippen molar-refractivity contribution in [1.82, 2.24) is 0 Å². The largest absolute Gasteiger partial charge is 0.116 e. The predicted octanol–water partition coefficient (Wildman–Crippen LogP) is 3.40. The van der Waals surface area contributed by atoms with E-state index in [1.807, 2.05) is 18.7 Å². The molecule has 0 bridgehead atoms. The van der Waals surface area contributed by atoms with Gasteiger partial charge in [0.25, 0.3) is 0 Å². The standard InChI is InChI=1S/C8H14S2/c1-7(9)10-8-5-3-2-4-6-8/h8H,2-6H2,1H3. The molecule has 0 aromatic heterocycles. The van der Waals surface area contributed by atoms with Gasteiger partial charge in [0, 0.05) is 9.45 Å². The molecule has 1 fully saturated rings. The van der Waals surface area contributed by atoms with Gasteiger partial charge in [-0.25, -0.2) is 0 Å². The number of thioether (sulfide) groups is 1. The Morgan fingerprint density at radius 3 is 2.40 bits per heavy atom. The van der Waals surface area contributed by atoms with E-state index in [2.05, 4.69) is 0 Å². The zero-order valence-corrected chi connectivity index (χ0v) is 8.06. The second kappa shape index (κ2) is 4.35. The molecule has 0 heterocycles. The molecule has 1 saturated carbocycles. The summed E-state index contributed by atoms with van der Waals surface area (Å²) in [6.45, 7) is 2.04.